The monoisotopic (exact) mass is 281 g/mol. The van der Waals surface area contributed by atoms with E-state index in [1.165, 1.54) is 12.1 Å². The SMILES string of the molecule is CNc1nn(-c2cccc(C(F)(F)F)c2)c(N)c1C#N. The van der Waals surface area contributed by atoms with Crippen LogP contribution in [0, 0.1) is 11.3 Å². The highest BCUT2D eigenvalue weighted by Gasteiger charge is 2.30. The van der Waals surface area contributed by atoms with Gasteiger partial charge in [-0.25, -0.2) is 4.68 Å². The number of anilines is 2. The summed E-state index contributed by atoms with van der Waals surface area (Å²) in [6.07, 6.45) is -4.46. The second-order valence-electron chi connectivity index (χ2n) is 3.93. The number of hydrogen-bond donors (Lipinski definition) is 2. The van der Waals surface area contributed by atoms with Crippen molar-refractivity contribution < 1.29 is 13.2 Å². The zero-order valence-electron chi connectivity index (χ0n) is 10.4. The molecule has 0 spiro atoms. The first-order valence-corrected chi connectivity index (χ1v) is 5.52. The van der Waals surface area contributed by atoms with E-state index >= 15 is 0 Å². The van der Waals surface area contributed by atoms with Gasteiger partial charge in [-0.05, 0) is 18.2 Å². The Labute approximate surface area is 112 Å². The third kappa shape index (κ3) is 2.25. The van der Waals surface area contributed by atoms with E-state index < -0.39 is 11.7 Å². The maximum Gasteiger partial charge on any atom is 0.416 e. The third-order valence-electron chi connectivity index (χ3n) is 2.69. The van der Waals surface area contributed by atoms with Gasteiger partial charge in [-0.15, -0.1) is 5.10 Å². The molecule has 0 saturated carbocycles. The normalized spacial score (nSPS) is 11.2. The molecule has 0 saturated heterocycles. The van der Waals surface area contributed by atoms with Gasteiger partial charge in [-0.1, -0.05) is 6.07 Å². The standard InChI is InChI=1S/C12H10F3N5/c1-18-11-9(6-16)10(17)20(19-11)8-4-2-3-7(5-8)12(13,14)15/h2-5H,17H2,1H3,(H,18,19). The van der Waals surface area contributed by atoms with Crippen molar-refractivity contribution in [2.45, 2.75) is 6.18 Å². The van der Waals surface area contributed by atoms with Crippen molar-refractivity contribution >= 4 is 11.6 Å². The predicted molar refractivity (Wildman–Crippen MR) is 67.2 cm³/mol. The van der Waals surface area contributed by atoms with Crippen molar-refractivity contribution in [1.82, 2.24) is 9.78 Å². The predicted octanol–water partition coefficient (Wildman–Crippen LogP) is 2.39. The summed E-state index contributed by atoms with van der Waals surface area (Å²) in [4.78, 5) is 0. The van der Waals surface area contributed by atoms with Crippen LogP contribution in [0.15, 0.2) is 24.3 Å². The number of nitrogens with one attached hydrogen (secondary N) is 1. The Balaban J connectivity index is 2.59. The highest BCUT2D eigenvalue weighted by Crippen LogP contribution is 2.31. The summed E-state index contributed by atoms with van der Waals surface area (Å²) in [7, 11) is 1.54. The molecule has 0 amide bonds. The fraction of sp³-hybridized carbons (Fsp3) is 0.167. The summed E-state index contributed by atoms with van der Waals surface area (Å²) in [5.74, 6) is 0.193. The van der Waals surface area contributed by atoms with E-state index in [9.17, 15) is 13.2 Å². The van der Waals surface area contributed by atoms with Gasteiger partial charge in [0.25, 0.3) is 0 Å². The van der Waals surface area contributed by atoms with Gasteiger partial charge in [0.15, 0.2) is 5.82 Å². The van der Waals surface area contributed by atoms with Gasteiger partial charge in [0.05, 0.1) is 11.3 Å². The average Bonchev–Trinajstić information content (AvgIpc) is 2.74. The highest BCUT2D eigenvalue weighted by atomic mass is 19.4. The summed E-state index contributed by atoms with van der Waals surface area (Å²) in [6.45, 7) is 0. The van der Waals surface area contributed by atoms with Gasteiger partial charge in [-0.3, -0.25) is 0 Å². The van der Waals surface area contributed by atoms with Gasteiger partial charge in [-0.2, -0.15) is 18.4 Å². The highest BCUT2D eigenvalue weighted by molar-refractivity contribution is 5.66. The molecular weight excluding hydrogens is 271 g/mol. The minimum atomic E-state index is -4.46. The molecule has 1 aromatic heterocycles. The van der Waals surface area contributed by atoms with Crippen LogP contribution >= 0.6 is 0 Å². The molecule has 2 rings (SSSR count). The molecular formula is C12H10F3N5. The molecule has 0 fully saturated rings. The van der Waals surface area contributed by atoms with Crippen LogP contribution in [0.25, 0.3) is 5.69 Å². The second kappa shape index (κ2) is 4.77. The topological polar surface area (TPSA) is 79.7 Å². The number of aromatic nitrogens is 2. The van der Waals surface area contributed by atoms with Crippen molar-refractivity contribution in [3.8, 4) is 11.8 Å². The molecule has 0 aliphatic heterocycles. The van der Waals surface area contributed by atoms with Gasteiger partial charge in [0, 0.05) is 7.05 Å². The number of benzene rings is 1. The largest absolute Gasteiger partial charge is 0.416 e. The molecule has 0 bridgehead atoms. The summed E-state index contributed by atoms with van der Waals surface area (Å²) in [6, 6.07) is 6.41. The molecule has 104 valence electrons. The number of alkyl halides is 3. The first-order valence-electron chi connectivity index (χ1n) is 5.52. The quantitative estimate of drug-likeness (QED) is 0.885. The molecule has 1 aromatic carbocycles. The molecule has 0 radical (unpaired) electrons. The van der Waals surface area contributed by atoms with E-state index in [-0.39, 0.29) is 22.9 Å². The number of halogens is 3. The minimum absolute atomic E-state index is 0.0174. The zero-order chi connectivity index (χ0) is 14.9. The molecule has 1 heterocycles. The molecule has 0 aliphatic carbocycles. The van der Waals surface area contributed by atoms with Crippen LogP contribution in [-0.4, -0.2) is 16.8 Å². The van der Waals surface area contributed by atoms with E-state index in [2.05, 4.69) is 10.4 Å². The summed E-state index contributed by atoms with van der Waals surface area (Å²) < 4.78 is 39.1. The Bertz CT molecular complexity index is 681. The Hall–Kier alpha value is -2.69. The number of nitrogen functional groups attached to an aromatic ring is 1. The van der Waals surface area contributed by atoms with Crippen molar-refractivity contribution in [2.24, 2.45) is 0 Å². The second-order valence-corrected chi connectivity index (χ2v) is 3.93. The van der Waals surface area contributed by atoms with Gasteiger partial charge < -0.3 is 11.1 Å². The molecule has 8 heteroatoms. The van der Waals surface area contributed by atoms with Crippen molar-refractivity contribution in [3.05, 3.63) is 35.4 Å². The van der Waals surface area contributed by atoms with Crippen LogP contribution < -0.4 is 11.1 Å². The maximum atomic E-state index is 12.7. The average molecular weight is 281 g/mol. The number of rotatable bonds is 2. The maximum absolute atomic E-state index is 12.7. The van der Waals surface area contributed by atoms with Crippen molar-refractivity contribution in [3.63, 3.8) is 0 Å². The lowest BCUT2D eigenvalue weighted by atomic mass is 10.2. The Morgan fingerprint density at radius 1 is 1.40 bits per heavy atom. The molecule has 0 atom stereocenters. The molecule has 5 nitrogen and oxygen atoms in total. The number of nitrogens with two attached hydrogens (primary N) is 1. The third-order valence-corrected chi connectivity index (χ3v) is 2.69. The smallest absolute Gasteiger partial charge is 0.382 e. The van der Waals surface area contributed by atoms with Crippen LogP contribution in [0.5, 0.6) is 0 Å². The van der Waals surface area contributed by atoms with Crippen LogP contribution in [0.3, 0.4) is 0 Å². The molecule has 3 N–H and O–H groups in total. The van der Waals surface area contributed by atoms with Crippen LogP contribution in [0.2, 0.25) is 0 Å². The van der Waals surface area contributed by atoms with Crippen LogP contribution in [-0.2, 0) is 6.18 Å². The Morgan fingerprint density at radius 3 is 2.60 bits per heavy atom. The fourth-order valence-electron chi connectivity index (χ4n) is 1.73. The van der Waals surface area contributed by atoms with Crippen molar-refractivity contribution in [2.75, 3.05) is 18.1 Å². The first-order chi connectivity index (χ1) is 9.38. The molecule has 0 unspecified atom stereocenters. The van der Waals surface area contributed by atoms with Gasteiger partial charge in [0.1, 0.15) is 17.5 Å². The first kappa shape index (κ1) is 13.7. The van der Waals surface area contributed by atoms with E-state index in [1.54, 1.807) is 7.05 Å². The van der Waals surface area contributed by atoms with E-state index in [0.29, 0.717) is 0 Å². The molecule has 0 aliphatic rings. The van der Waals surface area contributed by atoms with Crippen molar-refractivity contribution in [1.29, 1.82) is 5.26 Å². The molecule has 20 heavy (non-hydrogen) atoms. The summed E-state index contributed by atoms with van der Waals surface area (Å²) >= 11 is 0. The van der Waals surface area contributed by atoms with Crippen LogP contribution in [0.1, 0.15) is 11.1 Å². The number of nitriles is 1. The lowest BCUT2D eigenvalue weighted by Crippen LogP contribution is -2.08. The number of hydrogen-bond acceptors (Lipinski definition) is 4. The van der Waals surface area contributed by atoms with Gasteiger partial charge >= 0.3 is 6.18 Å². The van der Waals surface area contributed by atoms with E-state index in [0.717, 1.165) is 16.8 Å². The Kier molecular flexibility index (Phi) is 3.28. The summed E-state index contributed by atoms with van der Waals surface area (Å²) in [5, 5.41) is 15.6. The molecule has 2 aromatic rings. The fourth-order valence-corrected chi connectivity index (χ4v) is 1.73. The number of nitrogens with zero attached hydrogens (tertiary/aromatic N) is 3. The zero-order valence-corrected chi connectivity index (χ0v) is 10.4. The Morgan fingerprint density at radius 2 is 2.10 bits per heavy atom. The lowest BCUT2D eigenvalue weighted by molar-refractivity contribution is -0.137. The van der Waals surface area contributed by atoms with Gasteiger partial charge in [0.2, 0.25) is 0 Å². The lowest BCUT2D eigenvalue weighted by Gasteiger charge is -2.09. The minimum Gasteiger partial charge on any atom is -0.382 e. The van der Waals surface area contributed by atoms with E-state index in [4.69, 9.17) is 11.0 Å². The summed E-state index contributed by atoms with van der Waals surface area (Å²) in [5.41, 5.74) is 5.15. The van der Waals surface area contributed by atoms with Crippen LogP contribution in [0.4, 0.5) is 24.8 Å². The van der Waals surface area contributed by atoms with E-state index in [1.807, 2.05) is 6.07 Å².